The summed E-state index contributed by atoms with van der Waals surface area (Å²) in [6.45, 7) is 3.06. The summed E-state index contributed by atoms with van der Waals surface area (Å²) in [6, 6.07) is 2.35. The number of rotatable bonds is 7. The number of hydrogen-bond acceptors (Lipinski definition) is 6. The van der Waals surface area contributed by atoms with Crippen LogP contribution in [0.1, 0.15) is 25.6 Å². The predicted octanol–water partition coefficient (Wildman–Crippen LogP) is 1.64. The van der Waals surface area contributed by atoms with Gasteiger partial charge in [0.05, 0.1) is 6.10 Å². The van der Waals surface area contributed by atoms with Crippen molar-refractivity contribution in [3.05, 3.63) is 11.9 Å². The molecular weight excluding hydrogens is 244 g/mol. The van der Waals surface area contributed by atoms with Crippen LogP contribution in [0, 0.1) is 0 Å². The zero-order valence-electron chi connectivity index (χ0n) is 11.8. The molecule has 0 amide bonds. The molecule has 0 bridgehead atoms. The lowest BCUT2D eigenvalue weighted by Gasteiger charge is -2.35. The number of aromatic nitrogens is 2. The van der Waals surface area contributed by atoms with E-state index in [1.54, 1.807) is 7.11 Å². The van der Waals surface area contributed by atoms with Crippen LogP contribution >= 0.6 is 0 Å². The summed E-state index contributed by atoms with van der Waals surface area (Å²) >= 11 is 0. The van der Waals surface area contributed by atoms with E-state index < -0.39 is 0 Å². The summed E-state index contributed by atoms with van der Waals surface area (Å²) in [5.74, 6) is 2.34. The van der Waals surface area contributed by atoms with Gasteiger partial charge in [-0.3, -0.25) is 0 Å². The molecule has 19 heavy (non-hydrogen) atoms. The molecule has 1 saturated carbocycles. The minimum Gasteiger partial charge on any atom is -0.381 e. The van der Waals surface area contributed by atoms with Crippen LogP contribution in [0.3, 0.4) is 0 Å². The van der Waals surface area contributed by atoms with Crippen molar-refractivity contribution in [2.75, 3.05) is 31.4 Å². The third-order valence-corrected chi connectivity index (χ3v) is 3.24. The average molecular weight is 266 g/mol. The predicted molar refractivity (Wildman–Crippen MR) is 74.4 cm³/mol. The van der Waals surface area contributed by atoms with E-state index in [1.165, 1.54) is 0 Å². The standard InChI is InChI=1S/C13H22N4O2/c1-4-19-8-13-16-11(14-2)7-12(17-13)15-9-5-10(6-9)18-3/h7,9-10H,4-6,8H2,1-3H3,(H2,14,15,16,17). The molecule has 1 heterocycles. The Hall–Kier alpha value is -1.40. The normalized spacial score (nSPS) is 21.8. The summed E-state index contributed by atoms with van der Waals surface area (Å²) in [6.07, 6.45) is 2.43. The highest BCUT2D eigenvalue weighted by atomic mass is 16.5. The van der Waals surface area contributed by atoms with Gasteiger partial charge in [-0.25, -0.2) is 9.97 Å². The monoisotopic (exact) mass is 266 g/mol. The smallest absolute Gasteiger partial charge is 0.158 e. The van der Waals surface area contributed by atoms with E-state index in [2.05, 4.69) is 20.6 Å². The van der Waals surface area contributed by atoms with Crippen molar-refractivity contribution in [1.29, 1.82) is 0 Å². The van der Waals surface area contributed by atoms with E-state index in [4.69, 9.17) is 9.47 Å². The molecule has 0 radical (unpaired) electrons. The quantitative estimate of drug-likeness (QED) is 0.782. The molecule has 0 aliphatic heterocycles. The average Bonchev–Trinajstić information content (AvgIpc) is 2.39. The highest BCUT2D eigenvalue weighted by Crippen LogP contribution is 2.26. The van der Waals surface area contributed by atoms with Gasteiger partial charge in [-0.2, -0.15) is 0 Å². The first-order valence-electron chi connectivity index (χ1n) is 6.68. The Bertz CT molecular complexity index is 408. The van der Waals surface area contributed by atoms with Crippen LogP contribution < -0.4 is 10.6 Å². The van der Waals surface area contributed by atoms with Crippen LogP contribution in [0.25, 0.3) is 0 Å². The number of methoxy groups -OCH3 is 1. The molecule has 6 nitrogen and oxygen atoms in total. The number of nitrogens with one attached hydrogen (secondary N) is 2. The highest BCUT2D eigenvalue weighted by Gasteiger charge is 2.29. The maximum Gasteiger partial charge on any atom is 0.158 e. The molecule has 1 aliphatic rings. The summed E-state index contributed by atoms with van der Waals surface area (Å²) in [7, 11) is 3.60. The maximum atomic E-state index is 5.35. The van der Waals surface area contributed by atoms with Gasteiger partial charge in [-0.15, -0.1) is 0 Å². The van der Waals surface area contributed by atoms with Crippen molar-refractivity contribution < 1.29 is 9.47 Å². The van der Waals surface area contributed by atoms with Crippen LogP contribution in [0.4, 0.5) is 11.6 Å². The maximum absolute atomic E-state index is 5.35. The van der Waals surface area contributed by atoms with Crippen molar-refractivity contribution in [1.82, 2.24) is 9.97 Å². The van der Waals surface area contributed by atoms with E-state index in [-0.39, 0.29) is 0 Å². The van der Waals surface area contributed by atoms with Gasteiger partial charge >= 0.3 is 0 Å². The zero-order chi connectivity index (χ0) is 13.7. The fourth-order valence-corrected chi connectivity index (χ4v) is 2.04. The second kappa shape index (κ2) is 6.68. The van der Waals surface area contributed by atoms with E-state index in [0.717, 1.165) is 24.5 Å². The molecular formula is C13H22N4O2. The van der Waals surface area contributed by atoms with Gasteiger partial charge in [0.15, 0.2) is 5.82 Å². The van der Waals surface area contributed by atoms with Gasteiger partial charge in [0.2, 0.25) is 0 Å². The molecule has 6 heteroatoms. The third kappa shape index (κ3) is 3.78. The SMILES string of the molecule is CCOCc1nc(NC)cc(NC2CC(OC)C2)n1. The Morgan fingerprint density at radius 3 is 2.68 bits per heavy atom. The first kappa shape index (κ1) is 14.0. The molecule has 0 aromatic carbocycles. The number of anilines is 2. The highest BCUT2D eigenvalue weighted by molar-refractivity contribution is 5.48. The number of nitrogens with zero attached hydrogens (tertiary/aromatic N) is 2. The fraction of sp³-hybridized carbons (Fsp3) is 0.692. The summed E-state index contributed by atoms with van der Waals surface area (Å²) in [4.78, 5) is 8.82. The topological polar surface area (TPSA) is 68.3 Å². The molecule has 0 spiro atoms. The lowest BCUT2D eigenvalue weighted by Crippen LogP contribution is -2.40. The van der Waals surface area contributed by atoms with Gasteiger partial charge in [0, 0.05) is 32.9 Å². The fourth-order valence-electron chi connectivity index (χ4n) is 2.04. The van der Waals surface area contributed by atoms with Crippen LogP contribution in [0.15, 0.2) is 6.07 Å². The largest absolute Gasteiger partial charge is 0.381 e. The Morgan fingerprint density at radius 2 is 2.05 bits per heavy atom. The van der Waals surface area contributed by atoms with Crippen LogP contribution in [0.5, 0.6) is 0 Å². The van der Waals surface area contributed by atoms with Crippen LogP contribution in [0.2, 0.25) is 0 Å². The lowest BCUT2D eigenvalue weighted by molar-refractivity contribution is 0.0327. The Balaban J connectivity index is 1.98. The molecule has 0 unspecified atom stereocenters. The second-order valence-electron chi connectivity index (χ2n) is 4.61. The van der Waals surface area contributed by atoms with Gasteiger partial charge in [-0.05, 0) is 19.8 Å². The van der Waals surface area contributed by atoms with Crippen LogP contribution in [-0.2, 0) is 16.1 Å². The van der Waals surface area contributed by atoms with E-state index in [0.29, 0.717) is 31.2 Å². The van der Waals surface area contributed by atoms with Gasteiger partial charge in [0.1, 0.15) is 18.2 Å². The van der Waals surface area contributed by atoms with Crippen molar-refractivity contribution in [3.63, 3.8) is 0 Å². The molecule has 1 aromatic rings. The molecule has 2 rings (SSSR count). The van der Waals surface area contributed by atoms with Crippen molar-refractivity contribution >= 4 is 11.6 Å². The minimum atomic E-state index is 0.381. The van der Waals surface area contributed by atoms with Gasteiger partial charge in [0.25, 0.3) is 0 Å². The van der Waals surface area contributed by atoms with E-state index in [9.17, 15) is 0 Å². The van der Waals surface area contributed by atoms with Gasteiger partial charge < -0.3 is 20.1 Å². The van der Waals surface area contributed by atoms with Gasteiger partial charge in [-0.1, -0.05) is 0 Å². The molecule has 1 fully saturated rings. The molecule has 0 saturated heterocycles. The van der Waals surface area contributed by atoms with Crippen molar-refractivity contribution in [3.8, 4) is 0 Å². The molecule has 106 valence electrons. The van der Waals surface area contributed by atoms with Crippen molar-refractivity contribution in [2.24, 2.45) is 0 Å². The molecule has 1 aliphatic carbocycles. The van der Waals surface area contributed by atoms with E-state index >= 15 is 0 Å². The Kier molecular flexibility index (Phi) is 4.93. The first-order valence-corrected chi connectivity index (χ1v) is 6.68. The summed E-state index contributed by atoms with van der Waals surface area (Å²) in [5.41, 5.74) is 0. The van der Waals surface area contributed by atoms with Crippen LogP contribution in [-0.4, -0.2) is 42.9 Å². The van der Waals surface area contributed by atoms with E-state index in [1.807, 2.05) is 20.0 Å². The Morgan fingerprint density at radius 1 is 1.32 bits per heavy atom. The first-order chi connectivity index (χ1) is 9.25. The molecule has 0 atom stereocenters. The third-order valence-electron chi connectivity index (χ3n) is 3.24. The minimum absolute atomic E-state index is 0.381. The zero-order valence-corrected chi connectivity index (χ0v) is 11.8. The van der Waals surface area contributed by atoms with Crippen molar-refractivity contribution in [2.45, 2.75) is 38.5 Å². The number of ether oxygens (including phenoxy) is 2. The second-order valence-corrected chi connectivity index (χ2v) is 4.61. The molecule has 2 N–H and O–H groups in total. The number of hydrogen-bond donors (Lipinski definition) is 2. The summed E-state index contributed by atoms with van der Waals surface area (Å²) in [5, 5.41) is 6.45. The molecule has 1 aromatic heterocycles. The Labute approximate surface area is 113 Å². The summed E-state index contributed by atoms with van der Waals surface area (Å²) < 4.78 is 10.6. The lowest BCUT2D eigenvalue weighted by atomic mass is 9.89.